The molecule has 0 atom stereocenters. The molecule has 0 spiro atoms. The van der Waals surface area contributed by atoms with Crippen molar-refractivity contribution in [1.82, 2.24) is 0 Å². The third-order valence-corrected chi connectivity index (χ3v) is 9.14. The van der Waals surface area contributed by atoms with Crippen molar-refractivity contribution in [3.05, 3.63) is 51.1 Å². The third kappa shape index (κ3) is 3.86. The second-order valence-corrected chi connectivity index (χ2v) is 8.24. The van der Waals surface area contributed by atoms with Gasteiger partial charge in [-0.1, -0.05) is 34.1 Å². The maximum absolute atomic E-state index is 3.64. The normalized spacial score (nSPS) is 10.2. The molecule has 0 amide bonds. The zero-order chi connectivity index (χ0) is 13.4. The summed E-state index contributed by atoms with van der Waals surface area (Å²) in [4.78, 5) is 0. The Morgan fingerprint density at radius 3 is 1.47 bits per heavy atom. The summed E-state index contributed by atoms with van der Waals surface area (Å²) < 4.78 is 5.96. The van der Waals surface area contributed by atoms with Crippen molar-refractivity contribution in [1.29, 1.82) is 0 Å². The van der Waals surface area contributed by atoms with Crippen LogP contribution in [0.2, 0.25) is 0 Å². The number of hydrogen-bond acceptors (Lipinski definition) is 0. The van der Waals surface area contributed by atoms with Crippen molar-refractivity contribution in [2.24, 2.45) is 0 Å². The number of halogens is 6. The minimum Gasteiger partial charge on any atom is -0.0616 e. The average Bonchev–Trinajstić information content (AvgIpc) is 2.36. The largest absolute Gasteiger partial charge is 0.0616 e. The SMILES string of the molecule is Brc1ccccc1-c1c(Br)c(Br)c(Br)c(Br)c1Br.[Mo]. The summed E-state index contributed by atoms with van der Waals surface area (Å²) in [6.07, 6.45) is 0. The van der Waals surface area contributed by atoms with Gasteiger partial charge in [0.1, 0.15) is 0 Å². The van der Waals surface area contributed by atoms with Crippen LogP contribution in [-0.2, 0) is 21.1 Å². The summed E-state index contributed by atoms with van der Waals surface area (Å²) in [5.41, 5.74) is 2.20. The summed E-state index contributed by atoms with van der Waals surface area (Å²) in [5, 5.41) is 0. The minimum atomic E-state index is 0. The molecule has 2 aromatic carbocycles. The maximum Gasteiger partial charge on any atom is 0.0482 e. The molecular weight excluding hydrogens is 719 g/mol. The molecule has 100 valence electrons. The Labute approximate surface area is 176 Å². The molecule has 0 unspecified atom stereocenters. The van der Waals surface area contributed by atoms with E-state index in [9.17, 15) is 0 Å². The van der Waals surface area contributed by atoms with E-state index in [4.69, 9.17) is 0 Å². The van der Waals surface area contributed by atoms with Gasteiger partial charge in [0.2, 0.25) is 0 Å². The Hall–Kier alpha value is 2.01. The molecule has 0 bridgehead atoms. The molecular formula is C12H4Br6Mo. The first-order valence-electron chi connectivity index (χ1n) is 4.71. The van der Waals surface area contributed by atoms with Crippen molar-refractivity contribution in [3.63, 3.8) is 0 Å². The van der Waals surface area contributed by atoms with Crippen LogP contribution >= 0.6 is 95.6 Å². The van der Waals surface area contributed by atoms with E-state index < -0.39 is 0 Å². The van der Waals surface area contributed by atoms with E-state index in [-0.39, 0.29) is 21.1 Å². The zero-order valence-corrected chi connectivity index (χ0v) is 20.5. The van der Waals surface area contributed by atoms with E-state index in [0.29, 0.717) is 0 Å². The van der Waals surface area contributed by atoms with Gasteiger partial charge in [-0.25, -0.2) is 0 Å². The molecule has 2 aromatic rings. The summed E-state index contributed by atoms with van der Waals surface area (Å²) in [6, 6.07) is 8.11. The standard InChI is InChI=1S/C12H4Br6.Mo/c13-6-4-2-1-3-5(6)7-8(14)10(16)12(18)11(17)9(7)15;/h1-4H;. The van der Waals surface area contributed by atoms with Crippen LogP contribution in [-0.4, -0.2) is 0 Å². The quantitative estimate of drug-likeness (QED) is 0.160. The van der Waals surface area contributed by atoms with Crippen LogP contribution in [0, 0.1) is 0 Å². The summed E-state index contributed by atoms with van der Waals surface area (Å²) in [5.74, 6) is 0. The van der Waals surface area contributed by atoms with Gasteiger partial charge in [-0.3, -0.25) is 0 Å². The number of benzene rings is 2. The molecule has 0 aromatic heterocycles. The molecule has 19 heavy (non-hydrogen) atoms. The van der Waals surface area contributed by atoms with Gasteiger partial charge in [0.15, 0.2) is 0 Å². The van der Waals surface area contributed by atoms with Crippen molar-refractivity contribution < 1.29 is 21.1 Å². The molecule has 0 nitrogen and oxygen atoms in total. The van der Waals surface area contributed by atoms with Crippen LogP contribution < -0.4 is 0 Å². The van der Waals surface area contributed by atoms with Crippen LogP contribution in [0.5, 0.6) is 0 Å². The van der Waals surface area contributed by atoms with E-state index in [1.54, 1.807) is 0 Å². The fourth-order valence-electron chi connectivity index (χ4n) is 1.51. The maximum atomic E-state index is 3.64. The molecule has 7 heteroatoms. The molecule has 0 heterocycles. The summed E-state index contributed by atoms with van der Waals surface area (Å²) in [6.45, 7) is 0. The average molecular weight is 724 g/mol. The van der Waals surface area contributed by atoms with Gasteiger partial charge in [0, 0.05) is 53.5 Å². The fourth-order valence-corrected chi connectivity index (χ4v) is 5.46. The first-order chi connectivity index (χ1) is 8.45. The Balaban J connectivity index is 0.00000180. The van der Waals surface area contributed by atoms with Crippen molar-refractivity contribution in [2.45, 2.75) is 0 Å². The van der Waals surface area contributed by atoms with E-state index in [1.165, 1.54) is 0 Å². The fraction of sp³-hybridized carbons (Fsp3) is 0. The molecule has 0 saturated carbocycles. The predicted molar refractivity (Wildman–Crippen MR) is 98.1 cm³/mol. The second kappa shape index (κ2) is 8.03. The number of rotatable bonds is 1. The van der Waals surface area contributed by atoms with Crippen LogP contribution in [0.1, 0.15) is 0 Å². The van der Waals surface area contributed by atoms with E-state index >= 15 is 0 Å². The van der Waals surface area contributed by atoms with Gasteiger partial charge in [-0.15, -0.1) is 0 Å². The zero-order valence-electron chi connectivity index (χ0n) is 8.99. The van der Waals surface area contributed by atoms with Gasteiger partial charge in [-0.05, 0) is 91.3 Å². The molecule has 0 aliphatic rings. The second-order valence-electron chi connectivity index (χ2n) is 3.42. The molecule has 0 aliphatic heterocycles. The first-order valence-corrected chi connectivity index (χ1v) is 9.47. The Morgan fingerprint density at radius 1 is 0.579 bits per heavy atom. The van der Waals surface area contributed by atoms with Crippen LogP contribution in [0.4, 0.5) is 0 Å². The van der Waals surface area contributed by atoms with Gasteiger partial charge in [0.25, 0.3) is 0 Å². The summed E-state index contributed by atoms with van der Waals surface area (Å²) in [7, 11) is 0. The molecule has 0 saturated heterocycles. The molecule has 0 radical (unpaired) electrons. The minimum absolute atomic E-state index is 0. The van der Waals surface area contributed by atoms with Gasteiger partial charge in [0.05, 0.1) is 0 Å². The predicted octanol–water partition coefficient (Wildman–Crippen LogP) is 7.93. The van der Waals surface area contributed by atoms with E-state index in [2.05, 4.69) is 102 Å². The van der Waals surface area contributed by atoms with Crippen LogP contribution in [0.15, 0.2) is 51.1 Å². The first kappa shape index (κ1) is 19.1. The van der Waals surface area contributed by atoms with Crippen molar-refractivity contribution in [3.8, 4) is 11.1 Å². The van der Waals surface area contributed by atoms with Crippen LogP contribution in [0.3, 0.4) is 0 Å². The Morgan fingerprint density at radius 2 is 1.00 bits per heavy atom. The van der Waals surface area contributed by atoms with Gasteiger partial charge >= 0.3 is 0 Å². The van der Waals surface area contributed by atoms with Gasteiger partial charge in [-0.2, -0.15) is 0 Å². The molecule has 0 aliphatic carbocycles. The van der Waals surface area contributed by atoms with Crippen molar-refractivity contribution in [2.75, 3.05) is 0 Å². The third-order valence-electron chi connectivity index (χ3n) is 2.35. The smallest absolute Gasteiger partial charge is 0.0482 e. The summed E-state index contributed by atoms with van der Waals surface area (Å²) >= 11 is 21.6. The Bertz CT molecular complexity index is 597. The monoisotopic (exact) mass is 719 g/mol. The Kier molecular flexibility index (Phi) is 8.05. The van der Waals surface area contributed by atoms with Crippen LogP contribution in [0.25, 0.3) is 11.1 Å². The van der Waals surface area contributed by atoms with Gasteiger partial charge < -0.3 is 0 Å². The number of hydrogen-bond donors (Lipinski definition) is 0. The molecule has 2 rings (SSSR count). The molecule has 0 N–H and O–H groups in total. The van der Waals surface area contributed by atoms with Crippen molar-refractivity contribution >= 4 is 95.6 Å². The van der Waals surface area contributed by atoms with E-state index in [0.717, 1.165) is 38.0 Å². The molecule has 0 fully saturated rings. The van der Waals surface area contributed by atoms with E-state index in [1.807, 2.05) is 18.2 Å². The topological polar surface area (TPSA) is 0 Å².